The summed E-state index contributed by atoms with van der Waals surface area (Å²) in [6.07, 6.45) is 0. The first kappa shape index (κ1) is 5.06. The maximum atomic E-state index is 2.17. The highest BCUT2D eigenvalue weighted by Gasteiger charge is 1.63. The van der Waals surface area contributed by atoms with Crippen molar-refractivity contribution < 1.29 is 0 Å². The Labute approximate surface area is 34.8 Å². The zero-order chi connectivity index (χ0) is 4.28. The van der Waals surface area contributed by atoms with Crippen LogP contribution < -0.4 is 0 Å². The van der Waals surface area contributed by atoms with E-state index in [4.69, 9.17) is 0 Å². The number of hydrogen-bond acceptors (Lipinski definition) is 0. The molecule has 0 saturated carbocycles. The molecule has 0 saturated heterocycles. The lowest BCUT2D eigenvalue weighted by Gasteiger charge is -2.08. The summed E-state index contributed by atoms with van der Waals surface area (Å²) in [4.78, 5) is 0. The molecule has 0 aliphatic rings. The van der Waals surface area contributed by atoms with Crippen LogP contribution in [-0.4, -0.2) is 7.28 Å². The molecule has 0 aliphatic heterocycles. The zero-order valence-electron chi connectivity index (χ0n) is 4.15. The van der Waals surface area contributed by atoms with Gasteiger partial charge in [-0.25, -0.2) is 5.82 Å². The lowest BCUT2D eigenvalue weighted by atomic mass is 9.69. The van der Waals surface area contributed by atoms with Gasteiger partial charge in [0.1, 0.15) is 0 Å². The van der Waals surface area contributed by atoms with Crippen LogP contribution >= 0.6 is 0 Å². The molecule has 0 aromatic heterocycles. The van der Waals surface area contributed by atoms with E-state index in [9.17, 15) is 0 Å². The summed E-state index contributed by atoms with van der Waals surface area (Å²) in [7, 11) is 2.17. The van der Waals surface area contributed by atoms with Crippen LogP contribution in [0.4, 0.5) is 0 Å². The Morgan fingerprint density at radius 1 is 1.40 bits per heavy atom. The maximum Gasteiger partial charge on any atom is -0.0998 e. The van der Waals surface area contributed by atoms with Gasteiger partial charge in [0.2, 0.25) is 0 Å². The fraction of sp³-hybridized carbons (Fsp3) is 1.00. The SMILES string of the molecule is C[B-]C(C)C. The van der Waals surface area contributed by atoms with E-state index in [0.717, 1.165) is 5.82 Å². The average Bonchev–Trinajstić information content (AvgIpc) is 1.38. The minimum Gasteiger partial charge on any atom is -0.337 e. The second-order valence-electron chi connectivity index (χ2n) is 1.58. The van der Waals surface area contributed by atoms with E-state index < -0.39 is 0 Å². The van der Waals surface area contributed by atoms with Crippen molar-refractivity contribution in [2.24, 2.45) is 0 Å². The first-order valence-electron chi connectivity index (χ1n) is 2.07. The standard InChI is InChI=1S/C4H10B/c1-4(2)5-3/h4H,1-3H3/q-1. The Balaban J connectivity index is 2.54. The van der Waals surface area contributed by atoms with Crippen molar-refractivity contribution in [2.75, 3.05) is 0 Å². The Kier molecular flexibility index (Phi) is 2.34. The van der Waals surface area contributed by atoms with Gasteiger partial charge in [0, 0.05) is 0 Å². The second kappa shape index (κ2) is 2.31. The molecule has 0 aliphatic carbocycles. The third-order valence-corrected chi connectivity index (χ3v) is 0.667. The molecule has 0 aromatic carbocycles. The quantitative estimate of drug-likeness (QED) is 0.410. The van der Waals surface area contributed by atoms with Crippen molar-refractivity contribution in [3.63, 3.8) is 0 Å². The van der Waals surface area contributed by atoms with Gasteiger partial charge in [-0.3, -0.25) is 6.82 Å². The molecular weight excluding hydrogens is 58.9 g/mol. The van der Waals surface area contributed by atoms with E-state index in [1.54, 1.807) is 0 Å². The van der Waals surface area contributed by atoms with Crippen LogP contribution in [0.1, 0.15) is 13.8 Å². The fourth-order valence-electron chi connectivity index (χ4n) is 0. The normalized spacial score (nSPS) is 9.60. The predicted molar refractivity (Wildman–Crippen MR) is 26.7 cm³/mol. The van der Waals surface area contributed by atoms with Gasteiger partial charge in [0.05, 0.1) is 0 Å². The highest BCUT2D eigenvalue weighted by Crippen LogP contribution is 1.92. The van der Waals surface area contributed by atoms with Crippen LogP contribution in [0, 0.1) is 0 Å². The summed E-state index contributed by atoms with van der Waals surface area (Å²) in [6, 6.07) is 0. The third kappa shape index (κ3) is 4.06. The molecule has 0 aromatic rings. The summed E-state index contributed by atoms with van der Waals surface area (Å²) in [5.74, 6) is 0.759. The van der Waals surface area contributed by atoms with Crippen molar-refractivity contribution in [3.05, 3.63) is 0 Å². The molecule has 2 radical (unpaired) electrons. The van der Waals surface area contributed by atoms with Crippen molar-refractivity contribution in [1.82, 2.24) is 0 Å². The van der Waals surface area contributed by atoms with Crippen molar-refractivity contribution >= 4 is 7.28 Å². The van der Waals surface area contributed by atoms with Crippen LogP contribution in [0.15, 0.2) is 0 Å². The lowest BCUT2D eigenvalue weighted by molar-refractivity contribution is 1.06. The van der Waals surface area contributed by atoms with Gasteiger partial charge in [-0.1, -0.05) is 13.8 Å². The Morgan fingerprint density at radius 2 is 1.60 bits per heavy atom. The fourth-order valence-corrected chi connectivity index (χ4v) is 0. The molecule has 0 bridgehead atoms. The number of rotatable bonds is 1. The first-order chi connectivity index (χ1) is 2.27. The third-order valence-electron chi connectivity index (χ3n) is 0.667. The topological polar surface area (TPSA) is 0 Å². The summed E-state index contributed by atoms with van der Waals surface area (Å²) in [5, 5.41) is 0. The zero-order valence-corrected chi connectivity index (χ0v) is 4.15. The van der Waals surface area contributed by atoms with E-state index in [1.807, 2.05) is 0 Å². The Morgan fingerprint density at radius 3 is 1.60 bits per heavy atom. The van der Waals surface area contributed by atoms with Crippen LogP contribution in [0.2, 0.25) is 12.6 Å². The molecule has 0 unspecified atom stereocenters. The van der Waals surface area contributed by atoms with E-state index in [-0.39, 0.29) is 0 Å². The van der Waals surface area contributed by atoms with Crippen LogP contribution in [0.5, 0.6) is 0 Å². The molecule has 0 spiro atoms. The molecule has 1 heteroatoms. The van der Waals surface area contributed by atoms with Crippen LogP contribution in [-0.2, 0) is 0 Å². The van der Waals surface area contributed by atoms with E-state index in [1.165, 1.54) is 0 Å². The molecule has 0 atom stereocenters. The highest BCUT2D eigenvalue weighted by atomic mass is 13.7. The highest BCUT2D eigenvalue weighted by molar-refractivity contribution is 6.35. The van der Waals surface area contributed by atoms with Crippen LogP contribution in [0.3, 0.4) is 0 Å². The van der Waals surface area contributed by atoms with Gasteiger partial charge in [-0.2, -0.15) is 0 Å². The monoisotopic (exact) mass is 69.1 g/mol. The van der Waals surface area contributed by atoms with Gasteiger partial charge in [0.25, 0.3) is 0 Å². The smallest absolute Gasteiger partial charge is 0.0998 e. The van der Waals surface area contributed by atoms with Crippen molar-refractivity contribution in [2.45, 2.75) is 26.5 Å². The summed E-state index contributed by atoms with van der Waals surface area (Å²) in [6.45, 7) is 6.41. The number of hydrogen-bond donors (Lipinski definition) is 0. The molecule has 5 heavy (non-hydrogen) atoms. The Hall–Kier alpha value is 0.0649. The van der Waals surface area contributed by atoms with Gasteiger partial charge >= 0.3 is 0 Å². The molecule has 0 amide bonds. The van der Waals surface area contributed by atoms with Gasteiger partial charge in [-0.05, 0) is 0 Å². The van der Waals surface area contributed by atoms with E-state index >= 15 is 0 Å². The molecule has 0 N–H and O–H groups in total. The molecule has 30 valence electrons. The largest absolute Gasteiger partial charge is 0.337 e. The maximum absolute atomic E-state index is 2.17. The van der Waals surface area contributed by atoms with Crippen molar-refractivity contribution in [1.29, 1.82) is 0 Å². The van der Waals surface area contributed by atoms with Crippen molar-refractivity contribution in [3.8, 4) is 0 Å². The van der Waals surface area contributed by atoms with E-state index in [0.29, 0.717) is 0 Å². The molecule has 0 nitrogen and oxygen atoms in total. The summed E-state index contributed by atoms with van der Waals surface area (Å²) in [5.41, 5.74) is 0. The minimum atomic E-state index is 0.759. The molecule has 0 fully saturated rings. The molecule has 0 rings (SSSR count). The predicted octanol–water partition coefficient (Wildman–Crippen LogP) is 1.57. The molecular formula is C4H10B-. The Bertz CT molecular complexity index is 17.6. The van der Waals surface area contributed by atoms with Crippen LogP contribution in [0.25, 0.3) is 0 Å². The second-order valence-corrected chi connectivity index (χ2v) is 1.58. The first-order valence-corrected chi connectivity index (χ1v) is 2.07. The van der Waals surface area contributed by atoms with Gasteiger partial charge in [-0.15, -0.1) is 0 Å². The van der Waals surface area contributed by atoms with E-state index in [2.05, 4.69) is 28.0 Å². The van der Waals surface area contributed by atoms with Gasteiger partial charge < -0.3 is 7.28 Å². The summed E-state index contributed by atoms with van der Waals surface area (Å²) >= 11 is 0. The molecule has 0 heterocycles. The average molecular weight is 68.9 g/mol. The minimum absolute atomic E-state index is 0.759. The van der Waals surface area contributed by atoms with Gasteiger partial charge in [0.15, 0.2) is 0 Å². The summed E-state index contributed by atoms with van der Waals surface area (Å²) < 4.78 is 0. The lowest BCUT2D eigenvalue weighted by Crippen LogP contribution is -1.83.